The number of aromatic nitrogens is 3. The lowest BCUT2D eigenvalue weighted by molar-refractivity contribution is -0.123. The van der Waals surface area contributed by atoms with E-state index in [1.807, 2.05) is 11.5 Å². The quantitative estimate of drug-likeness (QED) is 0.738. The second-order valence-corrected chi connectivity index (χ2v) is 7.24. The number of aliphatic hydroxyl groups excluding tert-OH is 1. The van der Waals surface area contributed by atoms with Crippen molar-refractivity contribution in [3.63, 3.8) is 0 Å². The molecule has 2 aliphatic rings. The minimum Gasteiger partial charge on any atom is -0.388 e. The van der Waals surface area contributed by atoms with Gasteiger partial charge in [0.15, 0.2) is 5.82 Å². The second kappa shape index (κ2) is 8.25. The topological polar surface area (TPSA) is 86.5 Å². The number of carbonyl (C=O) groups is 1. The van der Waals surface area contributed by atoms with Crippen molar-refractivity contribution in [3.05, 3.63) is 11.6 Å². The van der Waals surface area contributed by atoms with E-state index < -0.39 is 0 Å². The Morgan fingerprint density at radius 3 is 2.76 bits per heavy atom. The third kappa shape index (κ3) is 4.37. The SMILES string of the molecule is CCn1c(CO)nnc1C1CC(NC(=O)CN2CCCN(C)CC2)C1. The highest BCUT2D eigenvalue weighted by molar-refractivity contribution is 5.78. The number of aliphatic hydroxyl groups is 1. The fourth-order valence-corrected chi connectivity index (χ4v) is 3.79. The molecule has 2 fully saturated rings. The van der Waals surface area contributed by atoms with Crippen LogP contribution in [0.4, 0.5) is 0 Å². The smallest absolute Gasteiger partial charge is 0.234 e. The first kappa shape index (κ1) is 18.3. The van der Waals surface area contributed by atoms with Gasteiger partial charge in [-0.3, -0.25) is 9.69 Å². The Morgan fingerprint density at radius 2 is 2.04 bits per heavy atom. The average molecular weight is 350 g/mol. The zero-order chi connectivity index (χ0) is 17.8. The van der Waals surface area contributed by atoms with Gasteiger partial charge < -0.3 is 19.9 Å². The van der Waals surface area contributed by atoms with Gasteiger partial charge in [-0.15, -0.1) is 10.2 Å². The molecule has 1 aliphatic heterocycles. The summed E-state index contributed by atoms with van der Waals surface area (Å²) in [6.45, 7) is 7.29. The number of hydrogen-bond donors (Lipinski definition) is 2. The summed E-state index contributed by atoms with van der Waals surface area (Å²) in [6.07, 6.45) is 2.92. The van der Waals surface area contributed by atoms with Gasteiger partial charge >= 0.3 is 0 Å². The minimum absolute atomic E-state index is 0.0846. The summed E-state index contributed by atoms with van der Waals surface area (Å²) in [6, 6.07) is 0.228. The molecule has 8 heteroatoms. The first-order chi connectivity index (χ1) is 12.1. The molecule has 1 aromatic rings. The van der Waals surface area contributed by atoms with E-state index in [2.05, 4.69) is 32.4 Å². The summed E-state index contributed by atoms with van der Waals surface area (Å²) in [5.41, 5.74) is 0. The fourth-order valence-electron chi connectivity index (χ4n) is 3.79. The highest BCUT2D eigenvalue weighted by Crippen LogP contribution is 2.36. The summed E-state index contributed by atoms with van der Waals surface area (Å²) in [5.74, 6) is 2.01. The number of hydrogen-bond acceptors (Lipinski definition) is 6. The van der Waals surface area contributed by atoms with E-state index in [1.54, 1.807) is 0 Å². The molecule has 1 saturated carbocycles. The van der Waals surface area contributed by atoms with Crippen LogP contribution < -0.4 is 5.32 Å². The summed E-state index contributed by atoms with van der Waals surface area (Å²) in [4.78, 5) is 16.9. The lowest BCUT2D eigenvalue weighted by Gasteiger charge is -2.35. The lowest BCUT2D eigenvalue weighted by atomic mass is 9.79. The molecule has 25 heavy (non-hydrogen) atoms. The van der Waals surface area contributed by atoms with E-state index in [0.29, 0.717) is 18.3 Å². The van der Waals surface area contributed by atoms with Crippen LogP contribution in [0.3, 0.4) is 0 Å². The molecular formula is C17H30N6O2. The number of nitrogens with one attached hydrogen (secondary N) is 1. The van der Waals surface area contributed by atoms with Crippen LogP contribution in [0.1, 0.15) is 43.8 Å². The van der Waals surface area contributed by atoms with Gasteiger partial charge in [0.2, 0.25) is 5.91 Å². The highest BCUT2D eigenvalue weighted by Gasteiger charge is 2.35. The molecule has 0 spiro atoms. The second-order valence-electron chi connectivity index (χ2n) is 7.24. The van der Waals surface area contributed by atoms with Crippen LogP contribution in [-0.2, 0) is 17.9 Å². The standard InChI is InChI=1S/C17H30N6O2/c1-3-23-15(12-24)19-20-17(23)13-9-14(10-13)18-16(25)11-22-6-4-5-21(2)7-8-22/h13-14,24H,3-12H2,1-2H3,(H,18,25). The van der Waals surface area contributed by atoms with Gasteiger partial charge in [-0.1, -0.05) is 0 Å². The molecule has 3 rings (SSSR count). The molecule has 2 N–H and O–H groups in total. The Labute approximate surface area is 149 Å². The zero-order valence-corrected chi connectivity index (χ0v) is 15.3. The maximum atomic E-state index is 12.3. The van der Waals surface area contributed by atoms with Crippen LogP contribution in [0.2, 0.25) is 0 Å². The van der Waals surface area contributed by atoms with Crippen molar-refractivity contribution in [2.45, 2.75) is 51.3 Å². The largest absolute Gasteiger partial charge is 0.388 e. The first-order valence-electron chi connectivity index (χ1n) is 9.33. The van der Waals surface area contributed by atoms with Gasteiger partial charge in [-0.05, 0) is 46.3 Å². The third-order valence-electron chi connectivity index (χ3n) is 5.36. The van der Waals surface area contributed by atoms with Crippen molar-refractivity contribution in [1.29, 1.82) is 0 Å². The Kier molecular flexibility index (Phi) is 6.03. The summed E-state index contributed by atoms with van der Waals surface area (Å²) in [7, 11) is 2.13. The molecule has 0 aromatic carbocycles. The van der Waals surface area contributed by atoms with Gasteiger partial charge in [0.25, 0.3) is 0 Å². The molecule has 1 amide bonds. The van der Waals surface area contributed by atoms with Gasteiger partial charge in [0.05, 0.1) is 6.54 Å². The van der Waals surface area contributed by atoms with Gasteiger partial charge in [0, 0.05) is 31.6 Å². The first-order valence-corrected chi connectivity index (χ1v) is 9.33. The van der Waals surface area contributed by atoms with E-state index in [1.165, 1.54) is 0 Å². The number of amides is 1. The number of likely N-dealkylation sites (N-methyl/N-ethyl adjacent to an activating group) is 1. The molecule has 0 radical (unpaired) electrons. The molecule has 1 aromatic heterocycles. The van der Waals surface area contributed by atoms with Gasteiger partial charge in [0.1, 0.15) is 12.4 Å². The summed E-state index contributed by atoms with van der Waals surface area (Å²) >= 11 is 0. The van der Waals surface area contributed by atoms with E-state index >= 15 is 0 Å². The zero-order valence-electron chi connectivity index (χ0n) is 15.3. The maximum absolute atomic E-state index is 12.3. The molecule has 140 valence electrons. The van der Waals surface area contributed by atoms with E-state index in [-0.39, 0.29) is 18.6 Å². The average Bonchev–Trinajstić information content (AvgIpc) is 2.86. The van der Waals surface area contributed by atoms with Crippen LogP contribution in [-0.4, -0.2) is 81.4 Å². The summed E-state index contributed by atoms with van der Waals surface area (Å²) in [5, 5.41) is 20.7. The van der Waals surface area contributed by atoms with Crippen LogP contribution in [0.5, 0.6) is 0 Å². The molecule has 1 aliphatic carbocycles. The molecule has 0 atom stereocenters. The van der Waals surface area contributed by atoms with Crippen LogP contribution in [0, 0.1) is 0 Å². The Balaban J connectivity index is 1.44. The van der Waals surface area contributed by atoms with Crippen LogP contribution >= 0.6 is 0 Å². The number of carbonyl (C=O) groups excluding carboxylic acids is 1. The van der Waals surface area contributed by atoms with Crippen molar-refractivity contribution >= 4 is 5.91 Å². The van der Waals surface area contributed by atoms with Crippen molar-refractivity contribution in [3.8, 4) is 0 Å². The number of nitrogens with zero attached hydrogens (tertiary/aromatic N) is 5. The maximum Gasteiger partial charge on any atom is 0.234 e. The van der Waals surface area contributed by atoms with Crippen molar-refractivity contribution in [1.82, 2.24) is 29.9 Å². The van der Waals surface area contributed by atoms with Crippen LogP contribution in [0.25, 0.3) is 0 Å². The fraction of sp³-hybridized carbons (Fsp3) is 0.824. The van der Waals surface area contributed by atoms with Crippen molar-refractivity contribution < 1.29 is 9.90 Å². The van der Waals surface area contributed by atoms with E-state index in [4.69, 9.17) is 0 Å². The minimum atomic E-state index is -0.0846. The van der Waals surface area contributed by atoms with Crippen molar-refractivity contribution in [2.75, 3.05) is 39.8 Å². The normalized spacial score (nSPS) is 25.4. The van der Waals surface area contributed by atoms with Crippen molar-refractivity contribution in [2.24, 2.45) is 0 Å². The summed E-state index contributed by atoms with van der Waals surface area (Å²) < 4.78 is 1.98. The molecule has 0 unspecified atom stereocenters. The Hall–Kier alpha value is -1.51. The third-order valence-corrected chi connectivity index (χ3v) is 5.36. The van der Waals surface area contributed by atoms with Crippen LogP contribution in [0.15, 0.2) is 0 Å². The molecule has 8 nitrogen and oxygen atoms in total. The van der Waals surface area contributed by atoms with Gasteiger partial charge in [-0.25, -0.2) is 0 Å². The molecule has 0 bridgehead atoms. The predicted octanol–water partition coefficient (Wildman–Crippen LogP) is -0.210. The van der Waals surface area contributed by atoms with E-state index in [0.717, 1.165) is 57.8 Å². The Morgan fingerprint density at radius 1 is 1.24 bits per heavy atom. The van der Waals surface area contributed by atoms with E-state index in [9.17, 15) is 9.90 Å². The monoisotopic (exact) mass is 350 g/mol. The Bertz CT molecular complexity index is 584. The highest BCUT2D eigenvalue weighted by atomic mass is 16.3. The van der Waals surface area contributed by atoms with Gasteiger partial charge in [-0.2, -0.15) is 0 Å². The predicted molar refractivity (Wildman–Crippen MR) is 94.1 cm³/mol. The number of rotatable bonds is 6. The lowest BCUT2D eigenvalue weighted by Crippen LogP contribution is -2.48. The molecular weight excluding hydrogens is 320 g/mol. The molecule has 2 heterocycles. The molecule has 1 saturated heterocycles.